The summed E-state index contributed by atoms with van der Waals surface area (Å²) in [6, 6.07) is 0. The fourth-order valence-electron chi connectivity index (χ4n) is 0.836. The van der Waals surface area contributed by atoms with Gasteiger partial charge < -0.3 is 10.1 Å². The van der Waals surface area contributed by atoms with Crippen LogP contribution in [-0.2, 0) is 0 Å². The molecule has 1 rings (SSSR count). The Morgan fingerprint density at radius 2 is 2.54 bits per heavy atom. The van der Waals surface area contributed by atoms with E-state index in [2.05, 4.69) is 22.6 Å². The second-order valence-corrected chi connectivity index (χ2v) is 2.76. The van der Waals surface area contributed by atoms with Crippen LogP contribution in [0.5, 0.6) is 0 Å². The van der Waals surface area contributed by atoms with Gasteiger partial charge in [-0.05, 0) is 23.2 Å². The van der Waals surface area contributed by atoms with E-state index < -0.39 is 4.92 Å². The van der Waals surface area contributed by atoms with Crippen molar-refractivity contribution in [2.75, 3.05) is 5.75 Å². The average Bonchev–Trinajstić information content (AvgIpc) is 2.53. The van der Waals surface area contributed by atoms with Crippen molar-refractivity contribution in [3.8, 4) is 0 Å². The first-order valence-corrected chi connectivity index (χ1v) is 4.34. The molecule has 6 heteroatoms. The van der Waals surface area contributed by atoms with Crippen LogP contribution < -0.4 is 0 Å². The minimum atomic E-state index is -0.493. The van der Waals surface area contributed by atoms with Crippen LogP contribution in [0.2, 0.25) is 0 Å². The number of nitrogens with one attached hydrogen (secondary N) is 1. The summed E-state index contributed by atoms with van der Waals surface area (Å²) < 4.78 is 0. The van der Waals surface area contributed by atoms with E-state index in [0.29, 0.717) is 11.4 Å². The Kier molecular flexibility index (Phi) is 3.51. The predicted molar refractivity (Wildman–Crippen MR) is 52.7 cm³/mol. The van der Waals surface area contributed by atoms with Crippen molar-refractivity contribution in [3.05, 3.63) is 28.2 Å². The zero-order chi connectivity index (χ0) is 9.68. The fraction of sp³-hybridized carbons (Fsp3) is 0.286. The Hall–Kier alpha value is -1.30. The summed E-state index contributed by atoms with van der Waals surface area (Å²) in [4.78, 5) is 16.2. The third-order valence-corrected chi connectivity index (χ3v) is 1.66. The van der Waals surface area contributed by atoms with Crippen LogP contribution in [0.25, 0.3) is 6.08 Å². The van der Waals surface area contributed by atoms with E-state index in [1.54, 1.807) is 12.2 Å². The molecule has 70 valence electrons. The van der Waals surface area contributed by atoms with Crippen molar-refractivity contribution in [1.82, 2.24) is 9.97 Å². The van der Waals surface area contributed by atoms with Gasteiger partial charge in [0.2, 0.25) is 0 Å². The summed E-state index contributed by atoms with van der Waals surface area (Å²) in [6.45, 7) is 0. The molecule has 0 aliphatic rings. The molecule has 13 heavy (non-hydrogen) atoms. The van der Waals surface area contributed by atoms with E-state index in [1.165, 1.54) is 6.33 Å². The highest BCUT2D eigenvalue weighted by Crippen LogP contribution is 2.13. The minimum Gasteiger partial charge on any atom is -0.358 e. The van der Waals surface area contributed by atoms with Crippen molar-refractivity contribution < 1.29 is 4.92 Å². The van der Waals surface area contributed by atoms with Gasteiger partial charge in [0.25, 0.3) is 0 Å². The van der Waals surface area contributed by atoms with Gasteiger partial charge in [-0.2, -0.15) is 12.6 Å². The van der Waals surface area contributed by atoms with Crippen LogP contribution >= 0.6 is 12.6 Å². The van der Waals surface area contributed by atoms with Gasteiger partial charge in [0.1, 0.15) is 0 Å². The fourth-order valence-corrected chi connectivity index (χ4v) is 0.985. The van der Waals surface area contributed by atoms with Crippen molar-refractivity contribution in [1.29, 1.82) is 0 Å². The normalized spacial score (nSPS) is 10.8. The Labute approximate surface area is 80.4 Å². The Morgan fingerprint density at radius 1 is 1.77 bits per heavy atom. The van der Waals surface area contributed by atoms with Gasteiger partial charge in [-0.3, -0.25) is 0 Å². The minimum absolute atomic E-state index is 0.0737. The Morgan fingerprint density at radius 3 is 3.15 bits per heavy atom. The molecule has 0 aromatic carbocycles. The van der Waals surface area contributed by atoms with Gasteiger partial charge in [0.05, 0.1) is 0 Å². The van der Waals surface area contributed by atoms with Crippen molar-refractivity contribution >= 4 is 24.5 Å². The molecule has 0 atom stereocenters. The van der Waals surface area contributed by atoms with Crippen LogP contribution in [0.4, 0.5) is 5.82 Å². The zero-order valence-corrected chi connectivity index (χ0v) is 7.70. The molecule has 1 aromatic rings. The molecule has 0 saturated carbocycles. The van der Waals surface area contributed by atoms with Gasteiger partial charge in [-0.1, -0.05) is 6.08 Å². The number of hydrogen-bond donors (Lipinski definition) is 2. The van der Waals surface area contributed by atoms with Crippen LogP contribution in [0.3, 0.4) is 0 Å². The van der Waals surface area contributed by atoms with Gasteiger partial charge in [-0.15, -0.1) is 0 Å². The maximum Gasteiger partial charge on any atom is 0.347 e. The van der Waals surface area contributed by atoms with Crippen LogP contribution in [0.1, 0.15) is 12.1 Å². The molecule has 0 saturated heterocycles. The number of nitrogens with zero attached hydrogens (tertiary/aromatic N) is 2. The van der Waals surface area contributed by atoms with E-state index >= 15 is 0 Å². The zero-order valence-electron chi connectivity index (χ0n) is 6.80. The number of aromatic amines is 1. The van der Waals surface area contributed by atoms with Crippen LogP contribution in [0, 0.1) is 10.1 Å². The molecule has 1 aromatic heterocycles. The summed E-state index contributed by atoms with van der Waals surface area (Å²) in [6.07, 6.45) is 5.49. The Balaban J connectivity index is 2.76. The highest BCUT2D eigenvalue weighted by atomic mass is 32.1. The lowest BCUT2D eigenvalue weighted by atomic mass is 10.3. The van der Waals surface area contributed by atoms with Crippen molar-refractivity contribution in [2.45, 2.75) is 6.42 Å². The smallest absolute Gasteiger partial charge is 0.347 e. The summed E-state index contributed by atoms with van der Waals surface area (Å²) in [5.74, 6) is 0.643. The standard InChI is InChI=1S/C7H9N3O2S/c11-10(12)7-6(8-5-9-7)3-1-2-4-13/h1,3,5,13H,2,4H2,(H,8,9). The number of aromatic nitrogens is 2. The maximum absolute atomic E-state index is 10.4. The molecule has 0 amide bonds. The van der Waals surface area contributed by atoms with Crippen molar-refractivity contribution in [3.63, 3.8) is 0 Å². The third kappa shape index (κ3) is 2.59. The summed E-state index contributed by atoms with van der Waals surface area (Å²) >= 11 is 4.01. The second kappa shape index (κ2) is 4.66. The lowest BCUT2D eigenvalue weighted by molar-refractivity contribution is -0.389. The molecule has 0 spiro atoms. The van der Waals surface area contributed by atoms with Gasteiger partial charge in [0, 0.05) is 0 Å². The number of nitro groups is 1. The van der Waals surface area contributed by atoms with Gasteiger partial charge >= 0.3 is 5.82 Å². The third-order valence-electron chi connectivity index (χ3n) is 1.40. The largest absolute Gasteiger partial charge is 0.358 e. The summed E-state index contributed by atoms with van der Waals surface area (Å²) in [5, 5.41) is 10.4. The molecule has 0 bridgehead atoms. The van der Waals surface area contributed by atoms with E-state index in [-0.39, 0.29) is 5.82 Å². The molecule has 1 heterocycles. The van der Waals surface area contributed by atoms with Crippen molar-refractivity contribution in [2.24, 2.45) is 0 Å². The first kappa shape index (κ1) is 9.79. The quantitative estimate of drug-likeness (QED) is 0.440. The molecule has 5 nitrogen and oxygen atoms in total. The van der Waals surface area contributed by atoms with E-state index in [0.717, 1.165) is 6.42 Å². The molecule has 0 aliphatic carbocycles. The van der Waals surface area contributed by atoms with E-state index in [1.807, 2.05) is 0 Å². The SMILES string of the molecule is O=[N+]([O-])c1[nH]cnc1C=CCCS. The number of H-pyrrole nitrogens is 1. The van der Waals surface area contributed by atoms with E-state index in [4.69, 9.17) is 0 Å². The van der Waals surface area contributed by atoms with Gasteiger partial charge in [-0.25, -0.2) is 9.97 Å². The molecule has 0 aliphatic heterocycles. The topological polar surface area (TPSA) is 71.8 Å². The maximum atomic E-state index is 10.4. The number of imidazole rings is 1. The number of hydrogen-bond acceptors (Lipinski definition) is 4. The summed E-state index contributed by atoms with van der Waals surface area (Å²) in [7, 11) is 0. The molecule has 1 N–H and O–H groups in total. The Bertz CT molecular complexity index is 321. The summed E-state index contributed by atoms with van der Waals surface area (Å²) in [5.41, 5.74) is 0.354. The first-order chi connectivity index (χ1) is 6.25. The molecular formula is C7H9N3O2S. The van der Waals surface area contributed by atoms with E-state index in [9.17, 15) is 10.1 Å². The molecule has 0 unspecified atom stereocenters. The number of rotatable bonds is 4. The van der Waals surface area contributed by atoms with Gasteiger partial charge in [0.15, 0.2) is 12.0 Å². The number of allylic oxidation sites excluding steroid dienone is 1. The highest BCUT2D eigenvalue weighted by molar-refractivity contribution is 7.80. The lowest BCUT2D eigenvalue weighted by Crippen LogP contribution is -1.89. The second-order valence-electron chi connectivity index (χ2n) is 2.31. The highest BCUT2D eigenvalue weighted by Gasteiger charge is 2.11. The average molecular weight is 199 g/mol. The molecule has 0 fully saturated rings. The monoisotopic (exact) mass is 199 g/mol. The van der Waals surface area contributed by atoms with Crippen LogP contribution in [-0.4, -0.2) is 20.6 Å². The predicted octanol–water partition coefficient (Wildman–Crippen LogP) is 1.65. The first-order valence-electron chi connectivity index (χ1n) is 3.71. The molecule has 0 radical (unpaired) electrons. The number of thiol groups is 1. The molecular weight excluding hydrogens is 190 g/mol. The lowest BCUT2D eigenvalue weighted by Gasteiger charge is -1.90. The van der Waals surface area contributed by atoms with Crippen LogP contribution in [0.15, 0.2) is 12.4 Å².